The van der Waals surface area contributed by atoms with Gasteiger partial charge in [-0.2, -0.15) is 26.3 Å². The second-order valence-electron chi connectivity index (χ2n) is 4.82. The van der Waals surface area contributed by atoms with Gasteiger partial charge in [0.1, 0.15) is 5.75 Å². The third-order valence-corrected chi connectivity index (χ3v) is 5.35. The highest BCUT2D eigenvalue weighted by Gasteiger charge is 2.28. The lowest BCUT2D eigenvalue weighted by atomic mass is 10.2. The number of hydrogen-bond acceptors (Lipinski definition) is 3. The van der Waals surface area contributed by atoms with Gasteiger partial charge < -0.3 is 4.74 Å². The number of hydrogen-bond donors (Lipinski definition) is 0. The maximum absolute atomic E-state index is 12.3. The quantitative estimate of drug-likeness (QED) is 0.221. The largest absolute Gasteiger partial charge is 0.492 e. The van der Waals surface area contributed by atoms with E-state index in [1.807, 2.05) is 0 Å². The van der Waals surface area contributed by atoms with Crippen molar-refractivity contribution < 1.29 is 31.1 Å². The summed E-state index contributed by atoms with van der Waals surface area (Å²) >= 11 is 12.3. The molecule has 0 aliphatic rings. The molecule has 0 saturated carbocycles. The lowest BCUT2D eigenvalue weighted by Gasteiger charge is -2.12. The van der Waals surface area contributed by atoms with E-state index in [1.165, 1.54) is 12.1 Å². The number of halogens is 8. The van der Waals surface area contributed by atoms with Crippen molar-refractivity contribution in [1.82, 2.24) is 0 Å². The lowest BCUT2D eigenvalue weighted by molar-refractivity contribution is -0.105. The maximum Gasteiger partial charge on any atom is 0.441 e. The summed E-state index contributed by atoms with van der Waals surface area (Å²) in [6.07, 6.45) is -2.91. The third kappa shape index (κ3) is 10.6. The summed E-state index contributed by atoms with van der Waals surface area (Å²) in [4.78, 5) is 0.194. The van der Waals surface area contributed by atoms with E-state index < -0.39 is 17.4 Å². The molecular weight excluding hydrogens is 433 g/mol. The highest BCUT2D eigenvalue weighted by molar-refractivity contribution is 8.00. The lowest BCUT2D eigenvalue weighted by Crippen LogP contribution is -2.10. The van der Waals surface area contributed by atoms with Crippen LogP contribution in [0.15, 0.2) is 17.0 Å². The zero-order valence-electron chi connectivity index (χ0n) is 12.6. The molecule has 0 aromatic heterocycles. The van der Waals surface area contributed by atoms with Crippen molar-refractivity contribution in [2.75, 3.05) is 18.1 Å². The molecule has 0 N–H and O–H groups in total. The number of rotatable bonds is 9. The smallest absolute Gasteiger partial charge is 0.441 e. The Morgan fingerprint density at radius 1 is 0.920 bits per heavy atom. The summed E-state index contributed by atoms with van der Waals surface area (Å²) in [5.74, 6) is -0.922. The third-order valence-electron chi connectivity index (χ3n) is 2.69. The Balaban J connectivity index is 2.42. The Morgan fingerprint density at radius 3 is 2.20 bits per heavy atom. The Kier molecular flexibility index (Phi) is 9.42. The average molecular weight is 447 g/mol. The van der Waals surface area contributed by atoms with Gasteiger partial charge >= 0.3 is 11.7 Å². The first-order valence-corrected chi connectivity index (χ1v) is 9.73. The minimum Gasteiger partial charge on any atom is -0.492 e. The zero-order chi connectivity index (χ0) is 19.1. The standard InChI is InChI=1S/C14H14Cl2F6OS2/c15-9-6-10(16)12(24-8-13(17,18)19)7-11(9)23-4-2-1-3-5-25-14(20,21)22/h6-7H,1-5,8H2. The summed E-state index contributed by atoms with van der Waals surface area (Å²) in [5.41, 5.74) is -4.22. The Labute approximate surface area is 159 Å². The van der Waals surface area contributed by atoms with Gasteiger partial charge in [0, 0.05) is 10.6 Å². The molecule has 0 unspecified atom stereocenters. The highest BCUT2D eigenvalue weighted by atomic mass is 35.5. The molecule has 1 nitrogen and oxygen atoms in total. The molecule has 0 aliphatic heterocycles. The molecule has 144 valence electrons. The summed E-state index contributed by atoms with van der Waals surface area (Å²) < 4.78 is 78.1. The van der Waals surface area contributed by atoms with E-state index in [2.05, 4.69) is 0 Å². The summed E-state index contributed by atoms with van der Waals surface area (Å²) in [5, 5.41) is 0.254. The topological polar surface area (TPSA) is 9.23 Å². The summed E-state index contributed by atoms with van der Waals surface area (Å²) in [6, 6.07) is 2.64. The van der Waals surface area contributed by atoms with Crippen molar-refractivity contribution in [2.24, 2.45) is 0 Å². The minimum atomic E-state index is -4.33. The fraction of sp³-hybridized carbons (Fsp3) is 0.571. The molecule has 0 atom stereocenters. The van der Waals surface area contributed by atoms with Crippen molar-refractivity contribution in [3.8, 4) is 5.75 Å². The number of alkyl halides is 6. The number of benzene rings is 1. The molecule has 0 radical (unpaired) electrons. The summed E-state index contributed by atoms with van der Waals surface area (Å²) in [6.45, 7) is 0.196. The normalized spacial score (nSPS) is 12.5. The van der Waals surface area contributed by atoms with Crippen molar-refractivity contribution in [3.05, 3.63) is 22.2 Å². The zero-order valence-corrected chi connectivity index (χ0v) is 15.8. The van der Waals surface area contributed by atoms with Gasteiger partial charge in [-0.15, -0.1) is 11.8 Å². The van der Waals surface area contributed by atoms with Gasteiger partial charge in [0.2, 0.25) is 0 Å². The number of ether oxygens (including phenoxy) is 1. The van der Waals surface area contributed by atoms with Crippen LogP contribution in [0.5, 0.6) is 5.75 Å². The fourth-order valence-electron chi connectivity index (χ4n) is 1.64. The molecule has 0 saturated heterocycles. The van der Waals surface area contributed by atoms with E-state index in [0.29, 0.717) is 31.0 Å². The second kappa shape index (κ2) is 10.3. The molecule has 1 aromatic carbocycles. The van der Waals surface area contributed by atoms with Gasteiger partial charge in [-0.1, -0.05) is 35.0 Å². The van der Waals surface area contributed by atoms with Crippen LogP contribution in [0, 0.1) is 0 Å². The van der Waals surface area contributed by atoms with E-state index in [-0.39, 0.29) is 44.8 Å². The van der Waals surface area contributed by atoms with Crippen molar-refractivity contribution in [2.45, 2.75) is 35.8 Å². The molecular formula is C14H14Cl2F6OS2. The fourth-order valence-corrected chi connectivity index (χ4v) is 3.53. The predicted molar refractivity (Wildman–Crippen MR) is 91.1 cm³/mol. The van der Waals surface area contributed by atoms with E-state index in [0.717, 1.165) is 0 Å². The monoisotopic (exact) mass is 446 g/mol. The molecule has 25 heavy (non-hydrogen) atoms. The van der Waals surface area contributed by atoms with Crippen LogP contribution in [-0.2, 0) is 0 Å². The average Bonchev–Trinajstić information content (AvgIpc) is 2.45. The molecule has 0 aliphatic carbocycles. The van der Waals surface area contributed by atoms with Gasteiger partial charge in [0.25, 0.3) is 0 Å². The maximum atomic E-state index is 12.3. The van der Waals surface area contributed by atoms with Crippen LogP contribution >= 0.6 is 46.7 Å². The van der Waals surface area contributed by atoms with Crippen LogP contribution in [0.2, 0.25) is 10.0 Å². The van der Waals surface area contributed by atoms with Crippen LogP contribution < -0.4 is 4.74 Å². The molecule has 0 fully saturated rings. The molecule has 1 aromatic rings. The first kappa shape index (κ1) is 22.9. The van der Waals surface area contributed by atoms with Gasteiger partial charge in [-0.3, -0.25) is 0 Å². The molecule has 0 bridgehead atoms. The number of unbranched alkanes of at least 4 members (excludes halogenated alkanes) is 2. The van der Waals surface area contributed by atoms with Crippen LogP contribution in [0.25, 0.3) is 0 Å². The van der Waals surface area contributed by atoms with Crippen LogP contribution in [-0.4, -0.2) is 29.8 Å². The molecule has 0 heterocycles. The van der Waals surface area contributed by atoms with E-state index in [1.54, 1.807) is 0 Å². The Hall–Kier alpha value is -0.120. The van der Waals surface area contributed by atoms with Crippen molar-refractivity contribution in [3.63, 3.8) is 0 Å². The van der Waals surface area contributed by atoms with Gasteiger partial charge in [0.15, 0.2) is 0 Å². The SMILES string of the molecule is FC(F)(F)CSc1cc(OCCCCCSC(F)(F)F)c(Cl)cc1Cl. The first-order chi connectivity index (χ1) is 11.5. The molecule has 1 rings (SSSR count). The highest BCUT2D eigenvalue weighted by Crippen LogP contribution is 2.38. The first-order valence-electron chi connectivity index (χ1n) is 7.00. The molecule has 0 spiro atoms. The second-order valence-corrected chi connectivity index (χ2v) is 7.81. The van der Waals surface area contributed by atoms with E-state index in [4.69, 9.17) is 27.9 Å². The van der Waals surface area contributed by atoms with E-state index in [9.17, 15) is 26.3 Å². The molecule has 11 heteroatoms. The minimum absolute atomic E-state index is 0.0244. The van der Waals surface area contributed by atoms with Gasteiger partial charge in [-0.05, 0) is 31.4 Å². The van der Waals surface area contributed by atoms with Gasteiger partial charge in [0.05, 0.1) is 22.4 Å². The van der Waals surface area contributed by atoms with Crippen molar-refractivity contribution >= 4 is 46.7 Å². The predicted octanol–water partition coefficient (Wildman–Crippen LogP) is 7.45. The Morgan fingerprint density at radius 2 is 1.60 bits per heavy atom. The van der Waals surface area contributed by atoms with Crippen LogP contribution in [0.3, 0.4) is 0 Å². The summed E-state index contributed by atoms with van der Waals surface area (Å²) in [7, 11) is 0. The van der Waals surface area contributed by atoms with E-state index >= 15 is 0 Å². The molecule has 0 amide bonds. The van der Waals surface area contributed by atoms with Gasteiger partial charge in [-0.25, -0.2) is 0 Å². The van der Waals surface area contributed by atoms with Crippen LogP contribution in [0.1, 0.15) is 19.3 Å². The number of thioether (sulfide) groups is 2. The van der Waals surface area contributed by atoms with Crippen molar-refractivity contribution in [1.29, 1.82) is 0 Å². The van der Waals surface area contributed by atoms with Crippen LogP contribution in [0.4, 0.5) is 26.3 Å². The Bertz CT molecular complexity index is 551.